The quantitative estimate of drug-likeness (QED) is 0.725. The average molecular weight is 367 g/mol. The molecule has 1 heterocycles. The van der Waals surface area contributed by atoms with Gasteiger partial charge < -0.3 is 9.80 Å². The molecule has 2 aromatic carbocycles. The van der Waals surface area contributed by atoms with Gasteiger partial charge in [0, 0.05) is 24.5 Å². The van der Waals surface area contributed by atoms with Gasteiger partial charge in [0.15, 0.2) is 0 Å². The van der Waals surface area contributed by atoms with Crippen LogP contribution < -0.4 is 4.90 Å². The highest BCUT2D eigenvalue weighted by molar-refractivity contribution is 5.85. The molecule has 2 nitrogen and oxygen atoms in total. The number of para-hydroxylation sites is 2. The van der Waals surface area contributed by atoms with E-state index in [0.29, 0.717) is 0 Å². The third-order valence-corrected chi connectivity index (χ3v) is 4.76. The molecule has 0 radical (unpaired) electrons. The van der Waals surface area contributed by atoms with Gasteiger partial charge in [0.2, 0.25) is 0 Å². The molecule has 4 heteroatoms. The van der Waals surface area contributed by atoms with Crippen LogP contribution >= 0.6 is 24.8 Å². The molecule has 3 rings (SSSR count). The van der Waals surface area contributed by atoms with Crippen molar-refractivity contribution in [2.45, 2.75) is 26.7 Å². The van der Waals surface area contributed by atoms with E-state index in [1.807, 2.05) is 0 Å². The number of hydrogen-bond donors (Lipinski definition) is 0. The molecule has 24 heavy (non-hydrogen) atoms. The normalized spacial score (nSPS) is 12.5. The molecule has 0 saturated carbocycles. The van der Waals surface area contributed by atoms with Crippen molar-refractivity contribution in [2.24, 2.45) is 0 Å². The van der Waals surface area contributed by atoms with Crippen LogP contribution in [0.1, 0.15) is 25.0 Å². The van der Waals surface area contributed by atoms with Gasteiger partial charge in [-0.05, 0) is 49.2 Å². The summed E-state index contributed by atoms with van der Waals surface area (Å²) in [6.07, 6.45) is 2.27. The zero-order valence-electron chi connectivity index (χ0n) is 14.6. The predicted molar refractivity (Wildman–Crippen MR) is 110 cm³/mol. The number of halogens is 2. The Kier molecular flexibility index (Phi) is 8.61. The van der Waals surface area contributed by atoms with E-state index in [4.69, 9.17) is 0 Å². The van der Waals surface area contributed by atoms with Gasteiger partial charge in [-0.3, -0.25) is 0 Å². The van der Waals surface area contributed by atoms with Crippen LogP contribution in [0.4, 0.5) is 11.4 Å². The fourth-order valence-electron chi connectivity index (χ4n) is 3.39. The van der Waals surface area contributed by atoms with Crippen LogP contribution in [0, 0.1) is 0 Å². The monoisotopic (exact) mass is 366 g/mol. The number of likely N-dealkylation sites (N-methyl/N-ethyl adjacent to an activating group) is 1. The van der Waals surface area contributed by atoms with Crippen LogP contribution in [0.5, 0.6) is 0 Å². The van der Waals surface area contributed by atoms with Crippen molar-refractivity contribution >= 4 is 36.2 Å². The lowest BCUT2D eigenvalue weighted by Gasteiger charge is -2.29. The van der Waals surface area contributed by atoms with Crippen LogP contribution in [0.2, 0.25) is 0 Å². The lowest BCUT2D eigenvalue weighted by Crippen LogP contribution is -2.33. The van der Waals surface area contributed by atoms with Crippen molar-refractivity contribution in [2.75, 3.05) is 31.1 Å². The maximum absolute atomic E-state index is 2.52. The summed E-state index contributed by atoms with van der Waals surface area (Å²) < 4.78 is 0. The molecule has 0 unspecified atom stereocenters. The van der Waals surface area contributed by atoms with Crippen molar-refractivity contribution in [3.05, 3.63) is 59.7 Å². The first-order valence-electron chi connectivity index (χ1n) is 8.49. The number of aryl methyl sites for hydroxylation is 2. The lowest BCUT2D eigenvalue weighted by molar-refractivity contribution is 0.312. The Balaban J connectivity index is 0.00000144. The maximum Gasteiger partial charge on any atom is 0.0443 e. The van der Waals surface area contributed by atoms with Gasteiger partial charge >= 0.3 is 0 Å². The van der Waals surface area contributed by atoms with Gasteiger partial charge in [-0.2, -0.15) is 0 Å². The second kappa shape index (κ2) is 9.93. The molecular formula is C20H28Cl2N2. The summed E-state index contributed by atoms with van der Waals surface area (Å²) in [6, 6.07) is 17.8. The first kappa shape index (κ1) is 20.8. The zero-order chi connectivity index (χ0) is 15.4. The summed E-state index contributed by atoms with van der Waals surface area (Å²) in [5.74, 6) is 0. The molecule has 0 saturated heterocycles. The molecule has 0 aliphatic carbocycles. The fraction of sp³-hybridized carbons (Fsp3) is 0.400. The van der Waals surface area contributed by atoms with E-state index in [2.05, 4.69) is 72.2 Å². The van der Waals surface area contributed by atoms with E-state index >= 15 is 0 Å². The van der Waals surface area contributed by atoms with E-state index in [1.54, 1.807) is 0 Å². The smallest absolute Gasteiger partial charge is 0.0443 e. The van der Waals surface area contributed by atoms with Gasteiger partial charge in [-0.25, -0.2) is 0 Å². The summed E-state index contributed by atoms with van der Waals surface area (Å²) in [4.78, 5) is 5.02. The van der Waals surface area contributed by atoms with Gasteiger partial charge in [-0.15, -0.1) is 24.8 Å². The third-order valence-electron chi connectivity index (χ3n) is 4.76. The molecule has 2 aromatic rings. The van der Waals surface area contributed by atoms with Gasteiger partial charge in [0.1, 0.15) is 0 Å². The Morgan fingerprint density at radius 2 is 1.25 bits per heavy atom. The van der Waals surface area contributed by atoms with E-state index < -0.39 is 0 Å². The van der Waals surface area contributed by atoms with E-state index in [9.17, 15) is 0 Å². The third kappa shape index (κ3) is 4.44. The van der Waals surface area contributed by atoms with Gasteiger partial charge in [0.05, 0.1) is 0 Å². The maximum atomic E-state index is 2.52. The minimum atomic E-state index is 0. The highest BCUT2D eigenvalue weighted by Gasteiger charge is 2.20. The molecule has 0 aromatic heterocycles. The number of fused-ring (bicyclic) bond motifs is 2. The highest BCUT2D eigenvalue weighted by atomic mass is 35.5. The minimum Gasteiger partial charge on any atom is -0.340 e. The van der Waals surface area contributed by atoms with Crippen LogP contribution in [0.3, 0.4) is 0 Å². The van der Waals surface area contributed by atoms with Crippen molar-refractivity contribution in [1.29, 1.82) is 0 Å². The molecule has 0 fully saturated rings. The van der Waals surface area contributed by atoms with E-state index in [1.165, 1.54) is 22.5 Å². The van der Waals surface area contributed by atoms with Crippen LogP contribution in [0.15, 0.2) is 48.5 Å². The standard InChI is InChI=1S/C20H26N2.2ClH/c1-3-21(4-2)15-16-22-19-11-7-5-9-17(19)13-14-18-10-6-8-12-20(18)22;;/h5-12H,3-4,13-16H2,1-2H3;2*1H. The molecule has 1 aliphatic rings. The highest BCUT2D eigenvalue weighted by Crippen LogP contribution is 2.35. The number of benzene rings is 2. The number of rotatable bonds is 5. The predicted octanol–water partition coefficient (Wildman–Crippen LogP) is 5.11. The Bertz CT molecular complexity index is 579. The van der Waals surface area contributed by atoms with Crippen molar-refractivity contribution < 1.29 is 0 Å². The summed E-state index contributed by atoms with van der Waals surface area (Å²) in [6.45, 7) is 8.88. The topological polar surface area (TPSA) is 6.48 Å². The molecule has 0 atom stereocenters. The number of anilines is 2. The summed E-state index contributed by atoms with van der Waals surface area (Å²) in [5.41, 5.74) is 5.72. The second-order valence-electron chi connectivity index (χ2n) is 5.94. The summed E-state index contributed by atoms with van der Waals surface area (Å²) in [5, 5.41) is 0. The summed E-state index contributed by atoms with van der Waals surface area (Å²) >= 11 is 0. The Labute approximate surface area is 158 Å². The first-order chi connectivity index (χ1) is 10.8. The van der Waals surface area contributed by atoms with Gasteiger partial charge in [0.25, 0.3) is 0 Å². The largest absolute Gasteiger partial charge is 0.340 e. The average Bonchev–Trinajstić information content (AvgIpc) is 2.73. The number of hydrogen-bond acceptors (Lipinski definition) is 2. The molecular weight excluding hydrogens is 339 g/mol. The van der Waals surface area contributed by atoms with Crippen molar-refractivity contribution in [3.8, 4) is 0 Å². The lowest BCUT2D eigenvalue weighted by atomic mass is 10.0. The zero-order valence-corrected chi connectivity index (χ0v) is 16.2. The molecule has 1 aliphatic heterocycles. The Hall–Kier alpha value is -1.22. The van der Waals surface area contributed by atoms with Gasteiger partial charge in [-0.1, -0.05) is 50.2 Å². The van der Waals surface area contributed by atoms with Crippen molar-refractivity contribution in [1.82, 2.24) is 4.90 Å². The number of nitrogens with zero attached hydrogens (tertiary/aromatic N) is 2. The molecule has 0 spiro atoms. The SMILES string of the molecule is CCN(CC)CCN1c2ccccc2CCc2ccccc21.Cl.Cl. The molecule has 0 N–H and O–H groups in total. The Morgan fingerprint density at radius 3 is 1.71 bits per heavy atom. The van der Waals surface area contributed by atoms with Crippen LogP contribution in [-0.2, 0) is 12.8 Å². The first-order valence-corrected chi connectivity index (χ1v) is 8.49. The molecule has 0 amide bonds. The second-order valence-corrected chi connectivity index (χ2v) is 5.94. The van der Waals surface area contributed by atoms with Crippen LogP contribution in [0.25, 0.3) is 0 Å². The summed E-state index contributed by atoms with van der Waals surface area (Å²) in [7, 11) is 0. The Morgan fingerprint density at radius 1 is 0.792 bits per heavy atom. The minimum absolute atomic E-state index is 0. The van der Waals surface area contributed by atoms with Crippen LogP contribution in [-0.4, -0.2) is 31.1 Å². The van der Waals surface area contributed by atoms with Crippen molar-refractivity contribution in [3.63, 3.8) is 0 Å². The molecule has 0 bridgehead atoms. The fourth-order valence-corrected chi connectivity index (χ4v) is 3.39. The van der Waals surface area contributed by atoms with E-state index in [-0.39, 0.29) is 24.8 Å². The van der Waals surface area contributed by atoms with E-state index in [0.717, 1.165) is 39.0 Å². The molecule has 132 valence electrons.